The average Bonchev–Trinajstić information content (AvgIpc) is 2.91. The van der Waals surface area contributed by atoms with E-state index in [9.17, 15) is 0 Å². The van der Waals surface area contributed by atoms with Crippen molar-refractivity contribution in [3.8, 4) is 0 Å². The van der Waals surface area contributed by atoms with Crippen molar-refractivity contribution in [2.75, 3.05) is 0 Å². The minimum absolute atomic E-state index is 0.0702. The first kappa shape index (κ1) is 15.4. The lowest BCUT2D eigenvalue weighted by atomic mass is 9.39. The van der Waals surface area contributed by atoms with Crippen molar-refractivity contribution in [2.24, 2.45) is 0 Å². The summed E-state index contributed by atoms with van der Waals surface area (Å²) in [7, 11) is 0. The molecule has 3 saturated carbocycles. The first-order valence-electron chi connectivity index (χ1n) is 8.43. The van der Waals surface area contributed by atoms with Crippen LogP contribution in [0.1, 0.15) is 36.3 Å². The fourth-order valence-electron chi connectivity index (χ4n) is 4.37. The summed E-state index contributed by atoms with van der Waals surface area (Å²) in [5.41, 5.74) is 4.14. The van der Waals surface area contributed by atoms with Gasteiger partial charge in [-0.3, -0.25) is 0 Å². The van der Waals surface area contributed by atoms with Crippen LogP contribution in [0.5, 0.6) is 0 Å². The molecule has 0 unspecified atom stereocenters. The van der Waals surface area contributed by atoms with Crippen LogP contribution in [0.15, 0.2) is 46.9 Å². The molecule has 3 nitrogen and oxygen atoms in total. The first-order chi connectivity index (χ1) is 12.0. The minimum Gasteiger partial charge on any atom is -0.440 e. The largest absolute Gasteiger partial charge is 0.440 e. The average molecular weight is 369 g/mol. The number of nitrogens with zero attached hydrogens (tertiary/aromatic N) is 1. The van der Waals surface area contributed by atoms with Gasteiger partial charge in [-0.2, -0.15) is 0 Å². The van der Waals surface area contributed by atoms with Gasteiger partial charge in [0, 0.05) is 16.1 Å². The molecule has 0 amide bonds. The summed E-state index contributed by atoms with van der Waals surface area (Å²) in [6.45, 7) is 2.08. The Morgan fingerprint density at radius 3 is 2.76 bits per heavy atom. The van der Waals surface area contributed by atoms with Crippen molar-refractivity contribution >= 4 is 39.9 Å². The SMILES string of the molecule is Cc1cccc(C(=S)NC23CC(c4nc5cc(Cl)ccc5o4)(C2)C3)c1. The van der Waals surface area contributed by atoms with E-state index in [1.165, 1.54) is 5.56 Å². The highest BCUT2D eigenvalue weighted by Crippen LogP contribution is 2.67. The molecule has 0 atom stereocenters. The van der Waals surface area contributed by atoms with Crippen LogP contribution in [-0.2, 0) is 5.41 Å². The smallest absolute Gasteiger partial charge is 0.201 e. The Morgan fingerprint density at radius 1 is 1.20 bits per heavy atom. The van der Waals surface area contributed by atoms with Gasteiger partial charge >= 0.3 is 0 Å². The summed E-state index contributed by atoms with van der Waals surface area (Å²) in [6.07, 6.45) is 3.06. The number of hydrogen-bond acceptors (Lipinski definition) is 3. The number of benzene rings is 2. The molecule has 126 valence electrons. The summed E-state index contributed by atoms with van der Waals surface area (Å²) in [5.74, 6) is 0.843. The number of oxazole rings is 1. The number of aryl methyl sites for hydroxylation is 1. The highest BCUT2D eigenvalue weighted by Gasteiger charge is 2.71. The van der Waals surface area contributed by atoms with Gasteiger partial charge in [-0.1, -0.05) is 47.6 Å². The molecule has 6 rings (SSSR count). The third-order valence-corrected chi connectivity index (χ3v) is 6.07. The van der Waals surface area contributed by atoms with Crippen LogP contribution >= 0.6 is 23.8 Å². The van der Waals surface area contributed by atoms with Gasteiger partial charge in [0.2, 0.25) is 5.89 Å². The second-order valence-corrected chi connectivity index (χ2v) is 8.39. The zero-order chi connectivity index (χ0) is 17.2. The molecule has 0 spiro atoms. The van der Waals surface area contributed by atoms with E-state index in [0.717, 1.165) is 46.8 Å². The molecule has 0 aliphatic heterocycles. The lowest BCUT2D eigenvalue weighted by molar-refractivity contribution is -0.0899. The summed E-state index contributed by atoms with van der Waals surface area (Å²) in [4.78, 5) is 5.51. The van der Waals surface area contributed by atoms with E-state index in [-0.39, 0.29) is 11.0 Å². The van der Waals surface area contributed by atoms with Gasteiger partial charge in [-0.05, 0) is 50.5 Å². The zero-order valence-corrected chi connectivity index (χ0v) is 15.4. The quantitative estimate of drug-likeness (QED) is 0.665. The molecule has 3 aromatic rings. The normalized spacial score (nSPS) is 26.8. The lowest BCUT2D eigenvalue weighted by Gasteiger charge is -2.69. The lowest BCUT2D eigenvalue weighted by Crippen LogP contribution is -2.76. The standard InChI is InChI=1S/C20H17ClN2OS/c1-12-3-2-4-13(7-12)17(25)23-20-9-19(10-20,11-20)18-22-15-8-14(21)5-6-16(15)24-18/h2-8H,9-11H2,1H3,(H,23,25). The number of fused-ring (bicyclic) bond motifs is 1. The topological polar surface area (TPSA) is 38.1 Å². The zero-order valence-electron chi connectivity index (χ0n) is 13.8. The number of hydrogen-bond donors (Lipinski definition) is 1. The molecule has 5 heteroatoms. The van der Waals surface area contributed by atoms with E-state index in [1.54, 1.807) is 0 Å². The van der Waals surface area contributed by atoms with Gasteiger partial charge in [0.1, 0.15) is 10.5 Å². The predicted molar refractivity (Wildman–Crippen MR) is 103 cm³/mol. The third-order valence-electron chi connectivity index (χ3n) is 5.49. The van der Waals surface area contributed by atoms with Crippen molar-refractivity contribution in [1.29, 1.82) is 0 Å². The Labute approximate surface area is 156 Å². The molecular formula is C20H17ClN2OS. The van der Waals surface area contributed by atoms with Crippen molar-refractivity contribution < 1.29 is 4.42 Å². The maximum Gasteiger partial charge on any atom is 0.201 e. The predicted octanol–water partition coefficient (Wildman–Crippen LogP) is 4.93. The second-order valence-electron chi connectivity index (χ2n) is 7.55. The van der Waals surface area contributed by atoms with E-state index in [2.05, 4.69) is 35.4 Å². The first-order valence-corrected chi connectivity index (χ1v) is 9.22. The Kier molecular flexibility index (Phi) is 3.10. The van der Waals surface area contributed by atoms with Crippen LogP contribution in [0.3, 0.4) is 0 Å². The van der Waals surface area contributed by atoms with Crippen LogP contribution in [-0.4, -0.2) is 15.5 Å². The van der Waals surface area contributed by atoms with E-state index >= 15 is 0 Å². The van der Waals surface area contributed by atoms with Crippen molar-refractivity contribution in [3.63, 3.8) is 0 Å². The number of thiocarbonyl (C=S) groups is 1. The van der Waals surface area contributed by atoms with E-state index in [4.69, 9.17) is 28.2 Å². The number of halogens is 1. The molecule has 0 radical (unpaired) electrons. The number of nitrogens with one attached hydrogen (secondary N) is 1. The van der Waals surface area contributed by atoms with Crippen molar-refractivity contribution in [3.05, 3.63) is 64.5 Å². The molecule has 3 aliphatic rings. The second kappa shape index (κ2) is 5.05. The van der Waals surface area contributed by atoms with Gasteiger partial charge in [0.25, 0.3) is 0 Å². The van der Waals surface area contributed by atoms with Gasteiger partial charge in [-0.15, -0.1) is 0 Å². The highest BCUT2D eigenvalue weighted by molar-refractivity contribution is 7.80. The highest BCUT2D eigenvalue weighted by atomic mass is 35.5. The van der Waals surface area contributed by atoms with Crippen LogP contribution < -0.4 is 5.32 Å². The van der Waals surface area contributed by atoms with E-state index in [1.807, 2.05) is 24.3 Å². The third kappa shape index (κ3) is 2.31. The summed E-state index contributed by atoms with van der Waals surface area (Å²) in [5, 5.41) is 4.27. The van der Waals surface area contributed by atoms with E-state index in [0.29, 0.717) is 5.02 Å². The van der Waals surface area contributed by atoms with Crippen LogP contribution in [0, 0.1) is 6.92 Å². The minimum atomic E-state index is 0.0702. The molecule has 1 N–H and O–H groups in total. The van der Waals surface area contributed by atoms with Crippen molar-refractivity contribution in [1.82, 2.24) is 10.3 Å². The van der Waals surface area contributed by atoms with Gasteiger partial charge in [-0.25, -0.2) is 4.98 Å². The van der Waals surface area contributed by atoms with Crippen LogP contribution in [0.4, 0.5) is 0 Å². The van der Waals surface area contributed by atoms with E-state index < -0.39 is 0 Å². The fourth-order valence-corrected chi connectivity index (χ4v) is 4.88. The molecule has 2 aromatic carbocycles. The maximum absolute atomic E-state index is 6.04. The molecular weight excluding hydrogens is 352 g/mol. The summed E-state index contributed by atoms with van der Waals surface area (Å²) >= 11 is 11.7. The molecule has 0 saturated heterocycles. The Morgan fingerprint density at radius 2 is 2.00 bits per heavy atom. The van der Waals surface area contributed by atoms with Gasteiger partial charge in [0.05, 0.1) is 5.41 Å². The van der Waals surface area contributed by atoms with Crippen LogP contribution in [0.2, 0.25) is 5.02 Å². The maximum atomic E-state index is 6.04. The number of aromatic nitrogens is 1. The molecule has 25 heavy (non-hydrogen) atoms. The summed E-state index contributed by atoms with van der Waals surface area (Å²) < 4.78 is 5.99. The fraction of sp³-hybridized carbons (Fsp3) is 0.300. The monoisotopic (exact) mass is 368 g/mol. The Balaban J connectivity index is 1.32. The Bertz CT molecular complexity index is 1010. The summed E-state index contributed by atoms with van der Waals surface area (Å²) in [6, 6.07) is 13.9. The molecule has 2 bridgehead atoms. The van der Waals surface area contributed by atoms with Crippen molar-refractivity contribution in [2.45, 2.75) is 37.1 Å². The molecule has 1 aromatic heterocycles. The van der Waals surface area contributed by atoms with Gasteiger partial charge in [0.15, 0.2) is 5.58 Å². The Hall–Kier alpha value is -1.91. The molecule has 3 aliphatic carbocycles. The van der Waals surface area contributed by atoms with Crippen LogP contribution in [0.25, 0.3) is 11.1 Å². The molecule has 1 heterocycles. The van der Waals surface area contributed by atoms with Gasteiger partial charge < -0.3 is 9.73 Å². The molecule has 3 fully saturated rings. The number of rotatable bonds is 3.